The molecule has 0 heterocycles. The lowest BCUT2D eigenvalue weighted by atomic mass is 10.0. The Hall–Kier alpha value is -4.07. The van der Waals surface area contributed by atoms with Gasteiger partial charge in [-0.15, -0.1) is 0 Å². The van der Waals surface area contributed by atoms with Crippen molar-refractivity contribution >= 4 is 42.5 Å². The summed E-state index contributed by atoms with van der Waals surface area (Å²) in [7, 11) is -1.36. The van der Waals surface area contributed by atoms with Gasteiger partial charge in [0.15, 0.2) is 5.78 Å². The smallest absolute Gasteiger partial charge is 0.408 e. The predicted octanol–water partition coefficient (Wildman–Crippen LogP) is 3.53. The number of hydrogen-bond acceptors (Lipinski definition) is 6. The number of alkyl carbamates (subject to hydrolysis) is 1. The number of carbonyl (C=O) groups is 4. The molecule has 0 unspecified atom stereocenters. The number of ether oxygens (including phenoxy) is 1. The molecule has 3 N–H and O–H groups in total. The molecule has 0 spiro atoms. The van der Waals surface area contributed by atoms with Crippen LogP contribution in [-0.2, 0) is 30.3 Å². The third-order valence-electron chi connectivity index (χ3n) is 5.84. The molecule has 0 fully saturated rings. The minimum absolute atomic E-state index is 0.0163. The molecule has 0 saturated carbocycles. The quantitative estimate of drug-likeness (QED) is 0.255. The lowest BCUT2D eigenvalue weighted by Crippen LogP contribution is -2.54. The molecule has 0 aliphatic carbocycles. The fraction of sp³-hybridized carbons (Fsp3) is 0.267. The van der Waals surface area contributed by atoms with E-state index in [1.165, 1.54) is 0 Å². The second-order valence-electron chi connectivity index (χ2n) is 9.29. The third kappa shape index (κ3) is 9.59. The summed E-state index contributed by atoms with van der Waals surface area (Å²) >= 11 is 0. The van der Waals surface area contributed by atoms with Crippen molar-refractivity contribution in [3.8, 4) is 0 Å². The monoisotopic (exact) mass is 564 g/mol. The van der Waals surface area contributed by atoms with Crippen molar-refractivity contribution < 1.29 is 33.5 Å². The van der Waals surface area contributed by atoms with Gasteiger partial charge >= 0.3 is 12.1 Å². The highest BCUT2D eigenvalue weighted by Crippen LogP contribution is 2.34. The van der Waals surface area contributed by atoms with Crippen molar-refractivity contribution in [1.82, 2.24) is 10.6 Å². The van der Waals surface area contributed by atoms with Crippen LogP contribution in [0.1, 0.15) is 25.8 Å². The van der Waals surface area contributed by atoms with Crippen LogP contribution in [0.5, 0.6) is 0 Å². The average Bonchev–Trinajstić information content (AvgIpc) is 2.95. The summed E-state index contributed by atoms with van der Waals surface area (Å²) < 4.78 is 11.3. The molecular formula is C30H33N2O7P. The number of carbonyl (C=O) groups excluding carboxylic acids is 3. The van der Waals surface area contributed by atoms with Crippen LogP contribution in [0.3, 0.4) is 0 Å². The zero-order valence-electron chi connectivity index (χ0n) is 22.4. The lowest BCUT2D eigenvalue weighted by Gasteiger charge is -2.25. The van der Waals surface area contributed by atoms with Crippen LogP contribution in [0.4, 0.5) is 4.79 Å². The van der Waals surface area contributed by atoms with E-state index in [-0.39, 0.29) is 12.5 Å². The molecule has 10 heteroatoms. The Labute approximate surface area is 234 Å². The van der Waals surface area contributed by atoms with Crippen molar-refractivity contribution in [2.24, 2.45) is 5.92 Å². The molecule has 40 heavy (non-hydrogen) atoms. The van der Waals surface area contributed by atoms with Gasteiger partial charge in [-0.2, -0.15) is 0 Å². The molecule has 3 aromatic carbocycles. The molecule has 0 radical (unpaired) electrons. The Morgan fingerprint density at radius 3 is 1.82 bits per heavy atom. The molecule has 2 amide bonds. The summed E-state index contributed by atoms with van der Waals surface area (Å²) in [5, 5.41) is 16.2. The minimum Gasteiger partial charge on any atom is -0.481 e. The van der Waals surface area contributed by atoms with Crippen molar-refractivity contribution in [3.63, 3.8) is 0 Å². The van der Waals surface area contributed by atoms with Gasteiger partial charge in [-0.3, -0.25) is 14.4 Å². The normalized spacial score (nSPS) is 12.4. The van der Waals surface area contributed by atoms with E-state index in [0.717, 1.165) is 16.2 Å². The van der Waals surface area contributed by atoms with Gasteiger partial charge in [0.05, 0.1) is 14.6 Å². The Morgan fingerprint density at radius 2 is 1.32 bits per heavy atom. The molecule has 0 saturated heterocycles. The number of ketones is 1. The standard InChI is InChI=1S/C30H33N2O7P/c1-21(2)28(32-30(37)38-19-22-12-6-3-7-13-22)29(36)31-25(18-27(34)35)26(33)20-39-40(23-14-8-4-9-15-23)24-16-10-5-11-17-24/h3-17,21,25,28H,18-20H2,1-2H3,(H,31,36)(H,32,37)(H,34,35)/t25-,28-/m0/s1. The van der Waals surface area contributed by atoms with Gasteiger partial charge < -0.3 is 25.0 Å². The summed E-state index contributed by atoms with van der Waals surface area (Å²) in [6, 6.07) is 25.5. The summed E-state index contributed by atoms with van der Waals surface area (Å²) in [5.74, 6) is -2.92. The Balaban J connectivity index is 1.66. The summed E-state index contributed by atoms with van der Waals surface area (Å²) in [5.41, 5.74) is 0.779. The maximum absolute atomic E-state index is 13.2. The maximum atomic E-state index is 13.2. The summed E-state index contributed by atoms with van der Waals surface area (Å²) in [4.78, 5) is 50.2. The first-order chi connectivity index (χ1) is 19.2. The SMILES string of the molecule is CC(C)[C@H](NC(=O)OCc1ccccc1)C(=O)N[C@@H](CC(=O)O)C(=O)COP(c1ccccc1)c1ccccc1. The fourth-order valence-electron chi connectivity index (χ4n) is 3.76. The van der Waals surface area contributed by atoms with Crippen LogP contribution < -0.4 is 21.2 Å². The van der Waals surface area contributed by atoms with Gasteiger partial charge in [0, 0.05) is 10.6 Å². The zero-order valence-corrected chi connectivity index (χ0v) is 23.3. The van der Waals surface area contributed by atoms with Gasteiger partial charge in [-0.25, -0.2) is 4.79 Å². The van der Waals surface area contributed by atoms with Crippen molar-refractivity contribution in [1.29, 1.82) is 0 Å². The number of Topliss-reactive ketones (excluding diaryl/α,β-unsaturated/α-hetero) is 1. The molecule has 0 aliphatic rings. The number of amides is 2. The van der Waals surface area contributed by atoms with E-state index in [9.17, 15) is 24.3 Å². The molecule has 9 nitrogen and oxygen atoms in total. The van der Waals surface area contributed by atoms with Crippen LogP contribution in [0, 0.1) is 5.92 Å². The van der Waals surface area contributed by atoms with Crippen molar-refractivity contribution in [3.05, 3.63) is 96.6 Å². The Morgan fingerprint density at radius 1 is 0.800 bits per heavy atom. The van der Waals surface area contributed by atoms with E-state index in [4.69, 9.17) is 9.26 Å². The van der Waals surface area contributed by atoms with E-state index in [2.05, 4.69) is 10.6 Å². The molecule has 0 aromatic heterocycles. The van der Waals surface area contributed by atoms with E-state index in [0.29, 0.717) is 0 Å². The first kappa shape index (κ1) is 30.5. The highest BCUT2D eigenvalue weighted by atomic mass is 31.1. The van der Waals surface area contributed by atoms with E-state index >= 15 is 0 Å². The van der Waals surface area contributed by atoms with Crippen LogP contribution in [0.2, 0.25) is 0 Å². The Bertz CT molecular complexity index is 1220. The molecule has 0 aliphatic heterocycles. The van der Waals surface area contributed by atoms with Gasteiger partial charge in [0.2, 0.25) is 5.91 Å². The first-order valence-corrected chi connectivity index (χ1v) is 14.1. The zero-order chi connectivity index (χ0) is 28.9. The van der Waals surface area contributed by atoms with Crippen LogP contribution in [0.15, 0.2) is 91.0 Å². The number of carboxylic acids is 1. The molecular weight excluding hydrogens is 531 g/mol. The van der Waals surface area contributed by atoms with E-state index in [1.807, 2.05) is 78.9 Å². The van der Waals surface area contributed by atoms with Crippen molar-refractivity contribution in [2.75, 3.05) is 6.61 Å². The summed E-state index contributed by atoms with van der Waals surface area (Å²) in [6.45, 7) is 3.03. The second kappa shape index (κ2) is 15.5. The number of benzene rings is 3. The van der Waals surface area contributed by atoms with E-state index in [1.54, 1.807) is 26.0 Å². The van der Waals surface area contributed by atoms with Crippen LogP contribution >= 0.6 is 8.15 Å². The van der Waals surface area contributed by atoms with Gasteiger partial charge in [0.1, 0.15) is 25.3 Å². The maximum Gasteiger partial charge on any atom is 0.408 e. The van der Waals surface area contributed by atoms with Crippen LogP contribution in [0.25, 0.3) is 0 Å². The minimum atomic E-state index is -1.36. The number of carboxylic acid groups (broad SMARTS) is 1. The number of aliphatic carboxylic acids is 1. The molecule has 3 aromatic rings. The summed E-state index contributed by atoms with van der Waals surface area (Å²) in [6.07, 6.45) is -1.44. The highest BCUT2D eigenvalue weighted by molar-refractivity contribution is 7.68. The molecule has 3 rings (SSSR count). The average molecular weight is 565 g/mol. The first-order valence-electron chi connectivity index (χ1n) is 12.8. The number of hydrogen-bond donors (Lipinski definition) is 3. The number of nitrogens with one attached hydrogen (secondary N) is 2. The topological polar surface area (TPSA) is 131 Å². The lowest BCUT2D eigenvalue weighted by molar-refractivity contribution is -0.140. The molecule has 0 bridgehead atoms. The van der Waals surface area contributed by atoms with Gasteiger partial charge in [-0.1, -0.05) is 105 Å². The fourth-order valence-corrected chi connectivity index (χ4v) is 5.50. The molecule has 2 atom stereocenters. The Kier molecular flexibility index (Phi) is 11.8. The highest BCUT2D eigenvalue weighted by Gasteiger charge is 2.31. The van der Waals surface area contributed by atoms with Crippen molar-refractivity contribution in [2.45, 2.75) is 39.0 Å². The van der Waals surface area contributed by atoms with Crippen LogP contribution in [-0.4, -0.2) is 47.6 Å². The largest absolute Gasteiger partial charge is 0.481 e. The van der Waals surface area contributed by atoms with E-state index < -0.39 is 57.0 Å². The van der Waals surface area contributed by atoms with Gasteiger partial charge in [0.25, 0.3) is 0 Å². The van der Waals surface area contributed by atoms with Gasteiger partial charge in [-0.05, 0) is 11.5 Å². The molecule has 210 valence electrons. The second-order valence-corrected chi connectivity index (χ2v) is 11.2. The number of rotatable bonds is 14. The predicted molar refractivity (Wildman–Crippen MR) is 153 cm³/mol. The third-order valence-corrected chi connectivity index (χ3v) is 7.76.